The standard InChI is InChI=1S/C10H13BrN4S/c1-16-3-2-12-4-8-5-14-10-6-13-9(11)7-15(8)10/h5-7,12H,2-4H2,1H3. The van der Waals surface area contributed by atoms with Crippen molar-refractivity contribution in [3.8, 4) is 0 Å². The van der Waals surface area contributed by atoms with Crippen LogP contribution in [-0.4, -0.2) is 32.9 Å². The number of hydrogen-bond acceptors (Lipinski definition) is 4. The fourth-order valence-electron chi connectivity index (χ4n) is 1.44. The molecule has 0 amide bonds. The lowest BCUT2D eigenvalue weighted by molar-refractivity contribution is 0.709. The molecular formula is C10H13BrN4S. The van der Waals surface area contributed by atoms with E-state index < -0.39 is 0 Å². The van der Waals surface area contributed by atoms with E-state index in [1.54, 1.807) is 6.20 Å². The molecule has 2 aromatic rings. The first-order valence-corrected chi connectivity index (χ1v) is 7.17. The monoisotopic (exact) mass is 300 g/mol. The minimum absolute atomic E-state index is 0.823. The van der Waals surface area contributed by atoms with Crippen LogP contribution in [-0.2, 0) is 6.54 Å². The first-order valence-electron chi connectivity index (χ1n) is 4.98. The Balaban J connectivity index is 2.09. The van der Waals surface area contributed by atoms with Crippen LogP contribution in [0.4, 0.5) is 0 Å². The fraction of sp³-hybridized carbons (Fsp3) is 0.400. The molecule has 1 N–H and O–H groups in total. The van der Waals surface area contributed by atoms with Crippen LogP contribution in [0.5, 0.6) is 0 Å². The highest BCUT2D eigenvalue weighted by atomic mass is 79.9. The second-order valence-corrected chi connectivity index (χ2v) is 5.16. The van der Waals surface area contributed by atoms with Crippen molar-refractivity contribution < 1.29 is 0 Å². The zero-order valence-corrected chi connectivity index (χ0v) is 11.4. The van der Waals surface area contributed by atoms with Gasteiger partial charge in [0.2, 0.25) is 0 Å². The highest BCUT2D eigenvalue weighted by molar-refractivity contribution is 9.10. The summed E-state index contributed by atoms with van der Waals surface area (Å²) in [7, 11) is 0. The van der Waals surface area contributed by atoms with Gasteiger partial charge in [0.05, 0.1) is 18.1 Å². The van der Waals surface area contributed by atoms with E-state index >= 15 is 0 Å². The summed E-state index contributed by atoms with van der Waals surface area (Å²) < 4.78 is 2.87. The molecule has 0 atom stereocenters. The number of fused-ring (bicyclic) bond motifs is 1. The number of rotatable bonds is 5. The predicted octanol–water partition coefficient (Wildman–Crippen LogP) is 1.94. The normalized spacial score (nSPS) is 11.1. The smallest absolute Gasteiger partial charge is 0.155 e. The summed E-state index contributed by atoms with van der Waals surface area (Å²) in [6.45, 7) is 1.85. The zero-order chi connectivity index (χ0) is 11.4. The third-order valence-corrected chi connectivity index (χ3v) is 3.25. The number of halogens is 1. The summed E-state index contributed by atoms with van der Waals surface area (Å²) in [5.74, 6) is 1.13. The molecule has 0 fully saturated rings. The van der Waals surface area contributed by atoms with Crippen molar-refractivity contribution in [1.29, 1.82) is 0 Å². The summed E-state index contributed by atoms with van der Waals surface area (Å²) >= 11 is 5.20. The second-order valence-electron chi connectivity index (χ2n) is 3.36. The van der Waals surface area contributed by atoms with Crippen LogP contribution >= 0.6 is 27.7 Å². The van der Waals surface area contributed by atoms with Crippen molar-refractivity contribution in [2.75, 3.05) is 18.6 Å². The molecule has 4 nitrogen and oxygen atoms in total. The van der Waals surface area contributed by atoms with Crippen LogP contribution in [0.15, 0.2) is 23.2 Å². The Morgan fingerprint density at radius 3 is 3.12 bits per heavy atom. The maximum absolute atomic E-state index is 4.29. The maximum Gasteiger partial charge on any atom is 0.155 e. The Hall–Kier alpha value is -0.590. The van der Waals surface area contributed by atoms with Crippen molar-refractivity contribution in [3.63, 3.8) is 0 Å². The summed E-state index contributed by atoms with van der Waals surface area (Å²) in [5.41, 5.74) is 2.03. The molecule has 6 heteroatoms. The van der Waals surface area contributed by atoms with Gasteiger partial charge in [-0.2, -0.15) is 11.8 Å². The largest absolute Gasteiger partial charge is 0.310 e. The molecule has 0 aliphatic heterocycles. The van der Waals surface area contributed by atoms with Gasteiger partial charge in [0.1, 0.15) is 4.60 Å². The quantitative estimate of drug-likeness (QED) is 0.857. The van der Waals surface area contributed by atoms with Crippen molar-refractivity contribution >= 4 is 33.3 Å². The molecule has 0 bridgehead atoms. The highest BCUT2D eigenvalue weighted by Gasteiger charge is 2.03. The van der Waals surface area contributed by atoms with E-state index in [0.717, 1.165) is 34.8 Å². The van der Waals surface area contributed by atoms with Crippen molar-refractivity contribution in [3.05, 3.63) is 28.9 Å². The number of nitrogens with one attached hydrogen (secondary N) is 1. The van der Waals surface area contributed by atoms with Crippen LogP contribution in [0.2, 0.25) is 0 Å². The maximum atomic E-state index is 4.29. The number of aromatic nitrogens is 3. The lowest BCUT2D eigenvalue weighted by Crippen LogP contribution is -2.17. The second kappa shape index (κ2) is 5.65. The third kappa shape index (κ3) is 2.75. The predicted molar refractivity (Wildman–Crippen MR) is 70.8 cm³/mol. The minimum Gasteiger partial charge on any atom is -0.310 e. The van der Waals surface area contributed by atoms with Crippen LogP contribution in [0.3, 0.4) is 0 Å². The van der Waals surface area contributed by atoms with Gasteiger partial charge in [-0.05, 0) is 22.2 Å². The fourth-order valence-corrected chi connectivity index (χ4v) is 2.09. The van der Waals surface area contributed by atoms with E-state index in [1.165, 1.54) is 0 Å². The number of imidazole rings is 1. The van der Waals surface area contributed by atoms with Crippen LogP contribution in [0, 0.1) is 0 Å². The van der Waals surface area contributed by atoms with Crippen molar-refractivity contribution in [2.24, 2.45) is 0 Å². The Morgan fingerprint density at radius 1 is 1.44 bits per heavy atom. The number of thioether (sulfide) groups is 1. The van der Waals surface area contributed by atoms with E-state index in [4.69, 9.17) is 0 Å². The van der Waals surface area contributed by atoms with E-state index in [2.05, 4.69) is 37.5 Å². The SMILES string of the molecule is CSCCNCc1cnc2cnc(Br)cn12. The molecule has 2 heterocycles. The van der Waals surface area contributed by atoms with Gasteiger partial charge >= 0.3 is 0 Å². The average molecular weight is 301 g/mol. The number of nitrogens with zero attached hydrogens (tertiary/aromatic N) is 3. The Labute approximate surface area is 107 Å². The van der Waals surface area contributed by atoms with Gasteiger partial charge < -0.3 is 5.32 Å². The molecule has 16 heavy (non-hydrogen) atoms. The summed E-state index contributed by atoms with van der Waals surface area (Å²) in [4.78, 5) is 8.43. The van der Waals surface area contributed by atoms with Crippen LogP contribution in [0.25, 0.3) is 5.65 Å². The highest BCUT2D eigenvalue weighted by Crippen LogP contribution is 2.10. The summed E-state index contributed by atoms with van der Waals surface area (Å²) in [5, 5.41) is 3.38. The Bertz CT molecular complexity index is 471. The number of hydrogen-bond donors (Lipinski definition) is 1. The lowest BCUT2D eigenvalue weighted by Gasteiger charge is -2.03. The Kier molecular flexibility index (Phi) is 4.20. The lowest BCUT2D eigenvalue weighted by atomic mass is 10.4. The average Bonchev–Trinajstić information content (AvgIpc) is 2.67. The molecule has 2 aromatic heterocycles. The Morgan fingerprint density at radius 2 is 2.31 bits per heavy atom. The molecule has 0 saturated heterocycles. The molecule has 0 aliphatic rings. The first kappa shape index (κ1) is 11.9. The molecule has 0 spiro atoms. The molecule has 0 aromatic carbocycles. The molecule has 0 aliphatic carbocycles. The first-order chi connectivity index (χ1) is 7.81. The van der Waals surface area contributed by atoms with Gasteiger partial charge in [-0.1, -0.05) is 0 Å². The van der Waals surface area contributed by atoms with Gasteiger partial charge in [-0.25, -0.2) is 9.97 Å². The van der Waals surface area contributed by atoms with E-state index in [1.807, 2.05) is 28.6 Å². The van der Waals surface area contributed by atoms with Crippen LogP contribution < -0.4 is 5.32 Å². The van der Waals surface area contributed by atoms with Crippen molar-refractivity contribution in [2.45, 2.75) is 6.54 Å². The van der Waals surface area contributed by atoms with E-state index in [0.29, 0.717) is 0 Å². The van der Waals surface area contributed by atoms with Crippen molar-refractivity contribution in [1.82, 2.24) is 19.7 Å². The van der Waals surface area contributed by atoms with E-state index in [9.17, 15) is 0 Å². The molecule has 0 saturated carbocycles. The van der Waals surface area contributed by atoms with Gasteiger partial charge in [0.15, 0.2) is 5.65 Å². The molecule has 86 valence electrons. The molecular weight excluding hydrogens is 288 g/mol. The molecule has 0 radical (unpaired) electrons. The minimum atomic E-state index is 0.823. The third-order valence-electron chi connectivity index (χ3n) is 2.23. The van der Waals surface area contributed by atoms with Crippen LogP contribution in [0.1, 0.15) is 5.69 Å². The van der Waals surface area contributed by atoms with Gasteiger partial charge in [0, 0.05) is 25.0 Å². The summed E-state index contributed by atoms with van der Waals surface area (Å²) in [6.07, 6.45) is 7.69. The molecule has 0 unspecified atom stereocenters. The topological polar surface area (TPSA) is 42.2 Å². The van der Waals surface area contributed by atoms with Gasteiger partial charge in [-0.15, -0.1) is 0 Å². The summed E-state index contributed by atoms with van der Waals surface area (Å²) in [6, 6.07) is 0. The zero-order valence-electron chi connectivity index (χ0n) is 8.98. The van der Waals surface area contributed by atoms with Gasteiger partial charge in [-0.3, -0.25) is 4.40 Å². The van der Waals surface area contributed by atoms with E-state index in [-0.39, 0.29) is 0 Å². The molecule has 2 rings (SSSR count). The van der Waals surface area contributed by atoms with Gasteiger partial charge in [0.25, 0.3) is 0 Å².